The number of fused-ring (bicyclic) bond motifs is 7. The van der Waals surface area contributed by atoms with E-state index in [1.54, 1.807) is 39.4 Å². The third-order valence-electron chi connectivity index (χ3n) is 23.2. The molecule has 0 N–H and O–H groups in total. The molecule has 0 bridgehead atoms. The van der Waals surface area contributed by atoms with Gasteiger partial charge in [0.2, 0.25) is 0 Å². The van der Waals surface area contributed by atoms with Crippen LogP contribution in [0, 0.1) is 58.2 Å². The van der Waals surface area contributed by atoms with Crippen molar-refractivity contribution >= 4 is 0 Å². The van der Waals surface area contributed by atoms with Crippen LogP contribution in [0.4, 0.5) is 0 Å². The molecule has 14 aliphatic rings. The van der Waals surface area contributed by atoms with Crippen LogP contribution in [0.5, 0.6) is 0 Å². The Balaban J connectivity index is 0.795. The van der Waals surface area contributed by atoms with Gasteiger partial charge in [0.15, 0.2) is 0 Å². The lowest BCUT2D eigenvalue weighted by Gasteiger charge is -2.48. The van der Waals surface area contributed by atoms with Gasteiger partial charge >= 0.3 is 0 Å². The van der Waals surface area contributed by atoms with E-state index in [1.807, 2.05) is 17.2 Å². The van der Waals surface area contributed by atoms with Crippen LogP contribution in [0.1, 0.15) is 181 Å². The lowest BCUT2D eigenvalue weighted by molar-refractivity contribution is 0.0992. The molecular weight excluding hydrogens is 909 g/mol. The maximum Gasteiger partial charge on any atom is 0.102 e. The molecule has 75 heavy (non-hydrogen) atoms. The fourth-order valence-corrected chi connectivity index (χ4v) is 19.8. The molecular formula is C72H90N2O. The normalized spacial score (nSPS) is 39.4. The molecule has 0 aromatic carbocycles. The average molecular weight is 1000 g/mol. The van der Waals surface area contributed by atoms with Crippen molar-refractivity contribution < 1.29 is 4.74 Å². The minimum Gasteiger partial charge on any atom is -0.494 e. The maximum absolute atomic E-state index is 6.84. The van der Waals surface area contributed by atoms with E-state index in [-0.39, 0.29) is 16.9 Å². The number of likely N-dealkylation sites (tertiary alicyclic amines) is 1. The highest BCUT2D eigenvalue weighted by molar-refractivity contribution is 5.60. The molecule has 0 amide bonds. The zero-order chi connectivity index (χ0) is 50.3. The number of rotatable bonds is 10. The summed E-state index contributed by atoms with van der Waals surface area (Å²) in [5, 5.41) is 0. The van der Waals surface area contributed by atoms with E-state index >= 15 is 0 Å². The van der Waals surface area contributed by atoms with Gasteiger partial charge in [-0.15, -0.1) is 0 Å². The van der Waals surface area contributed by atoms with Crippen molar-refractivity contribution in [3.8, 4) is 0 Å². The second-order valence-electron chi connectivity index (χ2n) is 26.8. The van der Waals surface area contributed by atoms with Crippen LogP contribution in [0.2, 0.25) is 0 Å². The van der Waals surface area contributed by atoms with Gasteiger partial charge in [-0.1, -0.05) is 140 Å². The van der Waals surface area contributed by atoms with Gasteiger partial charge in [-0.3, -0.25) is 0 Å². The summed E-state index contributed by atoms with van der Waals surface area (Å²) in [6.07, 6.45) is 78.5. The van der Waals surface area contributed by atoms with E-state index in [0.29, 0.717) is 23.8 Å². The monoisotopic (exact) mass is 999 g/mol. The minimum absolute atomic E-state index is 0.114. The van der Waals surface area contributed by atoms with Crippen LogP contribution in [-0.4, -0.2) is 34.0 Å². The predicted molar refractivity (Wildman–Crippen MR) is 311 cm³/mol. The summed E-state index contributed by atoms with van der Waals surface area (Å²) in [4.78, 5) is 6.05. The highest BCUT2D eigenvalue weighted by atomic mass is 16.5. The summed E-state index contributed by atoms with van der Waals surface area (Å²) in [5.41, 5.74) is 16.9. The van der Waals surface area contributed by atoms with Crippen molar-refractivity contribution in [3.05, 3.63) is 178 Å². The van der Waals surface area contributed by atoms with Gasteiger partial charge in [0.1, 0.15) is 6.10 Å². The number of hydrogen-bond donors (Lipinski definition) is 0. The van der Waals surface area contributed by atoms with E-state index in [4.69, 9.17) is 4.74 Å². The van der Waals surface area contributed by atoms with Gasteiger partial charge in [0.25, 0.3) is 0 Å². The highest BCUT2D eigenvalue weighted by Gasteiger charge is 2.58. The quantitative estimate of drug-likeness (QED) is 0.203. The standard InChI is InChI=1S/C72H90N2O/c1-4-48-27-38-57(39-28-48)75-58-40-32-52(33-41-58)72(51-17-7-5-8-18-51)66-25-15-12-22-60(66)62-43-37-56(47-68(62)72)73(55-36-42-61-59-21-11-14-24-65(59)71(2,3)67(61)46-55)54-34-29-49(30-35-54)50-31-44-70-64(45-50)63-23-13-16-26-69(63)74(70)53-19-9-6-10-20-53/h4,6-7,9,13,15-19,25,27,32,34,37,40,43,46,49-50,56-57,60-61,63-64,66-67,69-70H,1,5,8,10-12,14,20-24,26,28-31,33,35-36,38-39,41-42,44-45,47H2,2-3H3/t49?,50?,56?,57?,60-,61?,63?,64?,66?,67?,69?,70?,72?/m0/s1. The predicted octanol–water partition coefficient (Wildman–Crippen LogP) is 18.2. The Morgan fingerprint density at radius 3 is 2.39 bits per heavy atom. The van der Waals surface area contributed by atoms with Gasteiger partial charge in [-0.25, -0.2) is 0 Å². The zero-order valence-corrected chi connectivity index (χ0v) is 46.2. The van der Waals surface area contributed by atoms with Crippen molar-refractivity contribution in [2.75, 3.05) is 0 Å². The number of allylic oxidation sites excluding steroid dienone is 25. The van der Waals surface area contributed by atoms with Crippen LogP contribution in [0.15, 0.2) is 178 Å². The molecule has 1 heterocycles. The third-order valence-corrected chi connectivity index (χ3v) is 23.2. The molecule has 0 aromatic heterocycles. The Kier molecular flexibility index (Phi) is 13.1. The van der Waals surface area contributed by atoms with Gasteiger partial charge < -0.3 is 14.5 Å². The third kappa shape index (κ3) is 8.29. The topological polar surface area (TPSA) is 15.7 Å². The largest absolute Gasteiger partial charge is 0.494 e. The second-order valence-corrected chi connectivity index (χ2v) is 26.8. The number of hydrogen-bond acceptors (Lipinski definition) is 3. The maximum atomic E-state index is 6.84. The minimum atomic E-state index is -0.114. The summed E-state index contributed by atoms with van der Waals surface area (Å²) in [5.74, 6) is 6.95. The highest BCUT2D eigenvalue weighted by Crippen LogP contribution is 2.67. The molecule has 0 spiro atoms. The Bertz CT molecular complexity index is 2760. The van der Waals surface area contributed by atoms with Crippen LogP contribution in [-0.2, 0) is 4.74 Å². The Hall–Kier alpha value is -4.50. The van der Waals surface area contributed by atoms with Gasteiger partial charge in [0, 0.05) is 53.3 Å². The summed E-state index contributed by atoms with van der Waals surface area (Å²) in [6.45, 7) is 9.32. The van der Waals surface area contributed by atoms with E-state index in [9.17, 15) is 0 Å². The molecule has 394 valence electrons. The first-order chi connectivity index (χ1) is 36.9. The van der Waals surface area contributed by atoms with Crippen molar-refractivity contribution in [3.63, 3.8) is 0 Å². The smallest absolute Gasteiger partial charge is 0.102 e. The molecule has 0 aromatic rings. The first-order valence-corrected chi connectivity index (χ1v) is 31.4. The van der Waals surface area contributed by atoms with E-state index in [2.05, 4.69) is 134 Å². The van der Waals surface area contributed by atoms with Crippen molar-refractivity contribution in [2.45, 2.75) is 205 Å². The van der Waals surface area contributed by atoms with E-state index < -0.39 is 0 Å². The van der Waals surface area contributed by atoms with Crippen LogP contribution in [0.3, 0.4) is 0 Å². The van der Waals surface area contributed by atoms with E-state index in [1.165, 1.54) is 127 Å². The Morgan fingerprint density at radius 2 is 1.57 bits per heavy atom. The van der Waals surface area contributed by atoms with Crippen LogP contribution >= 0.6 is 0 Å². The molecule has 1 saturated carbocycles. The molecule has 1 aliphatic heterocycles. The summed E-state index contributed by atoms with van der Waals surface area (Å²) in [7, 11) is 0. The Morgan fingerprint density at radius 1 is 0.653 bits per heavy atom. The molecule has 3 heteroatoms. The van der Waals surface area contributed by atoms with E-state index in [0.717, 1.165) is 93.0 Å². The van der Waals surface area contributed by atoms with Crippen molar-refractivity contribution in [2.24, 2.45) is 58.2 Å². The molecule has 0 radical (unpaired) electrons. The number of ether oxygens (including phenoxy) is 1. The van der Waals surface area contributed by atoms with Crippen LogP contribution < -0.4 is 0 Å². The molecule has 14 rings (SSSR count). The molecule has 12 unspecified atom stereocenters. The van der Waals surface area contributed by atoms with Gasteiger partial charge in [-0.2, -0.15) is 0 Å². The van der Waals surface area contributed by atoms with Gasteiger partial charge in [-0.05, 0) is 230 Å². The lowest BCUT2D eigenvalue weighted by atomic mass is 9.58. The van der Waals surface area contributed by atoms with Crippen molar-refractivity contribution in [1.82, 2.24) is 9.80 Å². The summed E-state index contributed by atoms with van der Waals surface area (Å²) >= 11 is 0. The molecule has 13 atom stereocenters. The zero-order valence-electron chi connectivity index (χ0n) is 46.2. The SMILES string of the molecule is C=CC1=CCC(OC2=CC=C(C3(C4=CCCC=C4)C4=C(C=CC(N(C5=CCC(C6CCC7C(C6)C6CC=CCC6N7C6=CC=CCC6)CC5)C5=CC6C(CC5)C5=C(CCCC5)C6(C)C)C4)[C@@H]4CCC=CC43)CC2)CC1. The first-order valence-electron chi connectivity index (χ1n) is 31.4. The fourth-order valence-electron chi connectivity index (χ4n) is 19.8. The molecule has 13 aliphatic carbocycles. The van der Waals surface area contributed by atoms with Gasteiger partial charge in [0.05, 0.1) is 11.8 Å². The average Bonchev–Trinajstić information content (AvgIpc) is 4.10. The van der Waals surface area contributed by atoms with Crippen LogP contribution in [0.25, 0.3) is 0 Å². The fraction of sp³-hybridized carbons (Fsp3) is 0.583. The lowest BCUT2D eigenvalue weighted by Crippen LogP contribution is -2.42. The summed E-state index contributed by atoms with van der Waals surface area (Å²) < 4.78 is 6.84. The Labute approximate surface area is 453 Å². The molecule has 2 fully saturated rings. The number of nitrogens with zero attached hydrogens (tertiary/aromatic N) is 2. The first kappa shape index (κ1) is 48.8. The van der Waals surface area contributed by atoms with Crippen molar-refractivity contribution in [1.29, 1.82) is 0 Å². The molecule has 3 nitrogen and oxygen atoms in total. The second kappa shape index (κ2) is 20.1. The summed E-state index contributed by atoms with van der Waals surface area (Å²) in [6, 6.07) is 1.80. The molecule has 1 saturated heterocycles.